The summed E-state index contributed by atoms with van der Waals surface area (Å²) in [7, 11) is 0. The summed E-state index contributed by atoms with van der Waals surface area (Å²) >= 11 is 0. The number of ketones is 1. The predicted octanol–water partition coefficient (Wildman–Crippen LogP) is 2.24. The minimum Gasteiger partial charge on any atom is -0.393 e. The van der Waals surface area contributed by atoms with Crippen molar-refractivity contribution in [1.82, 2.24) is 0 Å². The maximum atomic E-state index is 11.0. The van der Waals surface area contributed by atoms with Crippen molar-refractivity contribution in [2.45, 2.75) is 71.7 Å². The van der Waals surface area contributed by atoms with Crippen LogP contribution in [0.2, 0.25) is 0 Å². The number of hydrogen-bond acceptors (Lipinski definition) is 4. The molecular weight excluding hydrogens is 208 g/mol. The quantitative estimate of drug-likeness (QED) is 0.540. The molecule has 0 saturated carbocycles. The number of carbonyl (C=O) groups is 1. The van der Waals surface area contributed by atoms with Crippen molar-refractivity contribution < 1.29 is 19.7 Å². The first kappa shape index (κ1) is 15.6. The Kier molecular flexibility index (Phi) is 5.59. The zero-order chi connectivity index (χ0) is 13.0. The summed E-state index contributed by atoms with van der Waals surface area (Å²) in [5, 5.41) is 9.27. The standard InChI is InChI=1S/C12H24O4/c1-9(13)7-11(3,4)15-16-12(5,6)8-10(2)14/h9,13H,7-8H2,1-6H3. The van der Waals surface area contributed by atoms with Gasteiger partial charge in [-0.05, 0) is 41.5 Å². The highest BCUT2D eigenvalue weighted by atomic mass is 17.2. The normalized spacial score (nSPS) is 14.9. The van der Waals surface area contributed by atoms with E-state index in [1.54, 1.807) is 20.8 Å². The summed E-state index contributed by atoms with van der Waals surface area (Å²) in [4.78, 5) is 21.6. The Balaban J connectivity index is 4.16. The van der Waals surface area contributed by atoms with Crippen LogP contribution in [-0.4, -0.2) is 28.2 Å². The van der Waals surface area contributed by atoms with E-state index in [-0.39, 0.29) is 5.78 Å². The fourth-order valence-electron chi connectivity index (χ4n) is 1.60. The van der Waals surface area contributed by atoms with Crippen molar-refractivity contribution in [1.29, 1.82) is 0 Å². The number of carbonyl (C=O) groups excluding carboxylic acids is 1. The fraction of sp³-hybridized carbons (Fsp3) is 0.917. The molecule has 0 aromatic rings. The van der Waals surface area contributed by atoms with E-state index in [0.717, 1.165) is 0 Å². The number of rotatable bonds is 7. The lowest BCUT2D eigenvalue weighted by Gasteiger charge is -2.30. The van der Waals surface area contributed by atoms with Gasteiger partial charge in [0.1, 0.15) is 17.0 Å². The van der Waals surface area contributed by atoms with E-state index < -0.39 is 17.3 Å². The molecule has 0 aromatic carbocycles. The topological polar surface area (TPSA) is 55.8 Å². The van der Waals surface area contributed by atoms with Crippen LogP contribution in [0.15, 0.2) is 0 Å². The molecule has 0 saturated heterocycles. The molecule has 16 heavy (non-hydrogen) atoms. The van der Waals surface area contributed by atoms with Crippen molar-refractivity contribution in [3.8, 4) is 0 Å². The van der Waals surface area contributed by atoms with E-state index in [9.17, 15) is 9.90 Å². The van der Waals surface area contributed by atoms with Crippen LogP contribution in [0.25, 0.3) is 0 Å². The summed E-state index contributed by atoms with van der Waals surface area (Å²) in [6, 6.07) is 0. The van der Waals surface area contributed by atoms with Crippen LogP contribution < -0.4 is 0 Å². The molecule has 4 heteroatoms. The molecule has 0 heterocycles. The van der Waals surface area contributed by atoms with Crippen molar-refractivity contribution in [3.05, 3.63) is 0 Å². The maximum Gasteiger partial charge on any atom is 0.132 e. The van der Waals surface area contributed by atoms with Crippen molar-refractivity contribution in [2.24, 2.45) is 0 Å². The largest absolute Gasteiger partial charge is 0.393 e. The molecule has 0 aliphatic heterocycles. The Morgan fingerprint density at radius 3 is 2.00 bits per heavy atom. The Morgan fingerprint density at radius 1 is 1.19 bits per heavy atom. The van der Waals surface area contributed by atoms with Crippen LogP contribution in [0.4, 0.5) is 0 Å². The van der Waals surface area contributed by atoms with Crippen molar-refractivity contribution in [2.75, 3.05) is 0 Å². The van der Waals surface area contributed by atoms with Crippen LogP contribution >= 0.6 is 0 Å². The maximum absolute atomic E-state index is 11.0. The highest BCUT2D eigenvalue weighted by molar-refractivity contribution is 5.76. The second kappa shape index (κ2) is 5.75. The van der Waals surface area contributed by atoms with Gasteiger partial charge in [0, 0.05) is 12.8 Å². The smallest absolute Gasteiger partial charge is 0.132 e. The lowest BCUT2D eigenvalue weighted by atomic mass is 10.0. The second-order valence-corrected chi connectivity index (χ2v) is 5.62. The second-order valence-electron chi connectivity index (χ2n) is 5.62. The van der Waals surface area contributed by atoms with E-state index in [4.69, 9.17) is 9.78 Å². The molecule has 96 valence electrons. The van der Waals surface area contributed by atoms with Gasteiger partial charge in [-0.25, -0.2) is 9.78 Å². The van der Waals surface area contributed by atoms with E-state index >= 15 is 0 Å². The molecule has 0 aromatic heterocycles. The monoisotopic (exact) mass is 232 g/mol. The van der Waals surface area contributed by atoms with E-state index in [2.05, 4.69) is 0 Å². The van der Waals surface area contributed by atoms with Crippen LogP contribution in [0.1, 0.15) is 54.4 Å². The molecule has 0 fully saturated rings. The Hall–Kier alpha value is -0.450. The fourth-order valence-corrected chi connectivity index (χ4v) is 1.60. The summed E-state index contributed by atoms with van der Waals surface area (Å²) in [6.07, 6.45) is 0.329. The van der Waals surface area contributed by atoms with Gasteiger partial charge in [-0.15, -0.1) is 0 Å². The highest BCUT2D eigenvalue weighted by Crippen LogP contribution is 2.23. The molecule has 1 N–H and O–H groups in total. The molecule has 4 nitrogen and oxygen atoms in total. The van der Waals surface area contributed by atoms with Gasteiger partial charge >= 0.3 is 0 Å². The molecule has 0 aliphatic rings. The van der Waals surface area contributed by atoms with E-state index in [0.29, 0.717) is 12.8 Å². The number of hydrogen-bond donors (Lipinski definition) is 1. The van der Waals surface area contributed by atoms with Gasteiger partial charge in [-0.1, -0.05) is 0 Å². The molecular formula is C12H24O4. The molecule has 0 amide bonds. The minimum absolute atomic E-state index is 0.0573. The summed E-state index contributed by atoms with van der Waals surface area (Å²) in [5.41, 5.74) is -1.20. The van der Waals surface area contributed by atoms with E-state index in [1.165, 1.54) is 6.92 Å². The Labute approximate surface area is 97.9 Å². The third kappa shape index (κ3) is 7.79. The first-order chi connectivity index (χ1) is 7.04. The predicted molar refractivity (Wildman–Crippen MR) is 61.9 cm³/mol. The third-order valence-corrected chi connectivity index (χ3v) is 1.95. The number of aliphatic hydroxyl groups is 1. The van der Waals surface area contributed by atoms with Gasteiger partial charge in [-0.3, -0.25) is 4.79 Å². The molecule has 0 spiro atoms. The summed E-state index contributed by atoms with van der Waals surface area (Å²) < 4.78 is 0. The molecule has 0 bridgehead atoms. The van der Waals surface area contributed by atoms with Gasteiger partial charge in [0.15, 0.2) is 0 Å². The molecule has 0 aliphatic carbocycles. The zero-order valence-corrected chi connectivity index (χ0v) is 11.2. The first-order valence-electron chi connectivity index (χ1n) is 5.58. The molecule has 0 radical (unpaired) electrons. The molecule has 0 rings (SSSR count). The average molecular weight is 232 g/mol. The SMILES string of the molecule is CC(=O)CC(C)(C)OOC(C)(C)CC(C)O. The molecule has 1 unspecified atom stereocenters. The lowest BCUT2D eigenvalue weighted by molar-refractivity contribution is -0.402. The Morgan fingerprint density at radius 2 is 1.62 bits per heavy atom. The average Bonchev–Trinajstić information content (AvgIpc) is 1.96. The van der Waals surface area contributed by atoms with Gasteiger partial charge < -0.3 is 5.11 Å². The number of aliphatic hydroxyl groups excluding tert-OH is 1. The van der Waals surface area contributed by atoms with Crippen LogP contribution in [0, 0.1) is 0 Å². The van der Waals surface area contributed by atoms with Crippen molar-refractivity contribution in [3.63, 3.8) is 0 Å². The summed E-state index contributed by atoms with van der Waals surface area (Å²) in [5.74, 6) is 0.0573. The Bertz CT molecular complexity index is 231. The van der Waals surface area contributed by atoms with E-state index in [1.807, 2.05) is 13.8 Å². The van der Waals surface area contributed by atoms with Gasteiger partial charge in [0.2, 0.25) is 0 Å². The molecule has 1 atom stereocenters. The lowest BCUT2D eigenvalue weighted by Crippen LogP contribution is -2.35. The van der Waals surface area contributed by atoms with Gasteiger partial charge in [-0.2, -0.15) is 0 Å². The number of Topliss-reactive ketones (excluding diaryl/α,β-unsaturated/α-hetero) is 1. The van der Waals surface area contributed by atoms with Crippen LogP contribution in [0.5, 0.6) is 0 Å². The van der Waals surface area contributed by atoms with Crippen molar-refractivity contribution >= 4 is 5.78 Å². The zero-order valence-electron chi connectivity index (χ0n) is 11.2. The summed E-state index contributed by atoms with van der Waals surface area (Å²) in [6.45, 7) is 10.5. The van der Waals surface area contributed by atoms with Gasteiger partial charge in [0.05, 0.1) is 6.10 Å². The van der Waals surface area contributed by atoms with Crippen LogP contribution in [-0.2, 0) is 14.6 Å². The van der Waals surface area contributed by atoms with Crippen LogP contribution in [0.3, 0.4) is 0 Å². The highest BCUT2D eigenvalue weighted by Gasteiger charge is 2.28. The first-order valence-corrected chi connectivity index (χ1v) is 5.58. The third-order valence-electron chi connectivity index (χ3n) is 1.95. The van der Waals surface area contributed by atoms with Gasteiger partial charge in [0.25, 0.3) is 0 Å². The minimum atomic E-state index is -0.637.